The van der Waals surface area contributed by atoms with Crippen LogP contribution in [0.2, 0.25) is 0 Å². The first-order valence-electron chi connectivity index (χ1n) is 6.63. The Labute approximate surface area is 109 Å². The second-order valence-electron chi connectivity index (χ2n) is 5.31. The van der Waals surface area contributed by atoms with E-state index in [2.05, 4.69) is 43.4 Å². The van der Waals surface area contributed by atoms with Crippen LogP contribution in [0.1, 0.15) is 36.9 Å². The fraction of sp³-hybridized carbons (Fsp3) is 0.533. The second-order valence-corrected chi connectivity index (χ2v) is 5.31. The van der Waals surface area contributed by atoms with Gasteiger partial charge in [0, 0.05) is 32.1 Å². The topological polar surface area (TPSA) is 32.3 Å². The molecule has 1 aliphatic rings. The maximum absolute atomic E-state index is 11.4. The molecule has 0 spiro atoms. The third-order valence-electron chi connectivity index (χ3n) is 3.69. The van der Waals surface area contributed by atoms with E-state index in [0.29, 0.717) is 18.5 Å². The molecule has 0 radical (unpaired) electrons. The van der Waals surface area contributed by atoms with Crippen molar-refractivity contribution in [1.29, 1.82) is 0 Å². The number of amides is 1. The van der Waals surface area contributed by atoms with Crippen LogP contribution in [0.25, 0.3) is 0 Å². The molecule has 18 heavy (non-hydrogen) atoms. The maximum Gasteiger partial charge on any atom is 0.222 e. The lowest BCUT2D eigenvalue weighted by Gasteiger charge is -2.32. The van der Waals surface area contributed by atoms with Crippen LogP contribution in [-0.2, 0) is 4.79 Å². The number of carbonyl (C=O) groups is 1. The Morgan fingerprint density at radius 1 is 1.33 bits per heavy atom. The van der Waals surface area contributed by atoms with Crippen molar-refractivity contribution in [2.24, 2.45) is 0 Å². The van der Waals surface area contributed by atoms with Gasteiger partial charge in [-0.15, -0.1) is 0 Å². The standard InChI is InChI=1S/C15H22N2O/c1-11-4-6-13(7-5-11)12(2)16-14-8-9-15(18)17(3)10-14/h4-7,12,14,16H,8-10H2,1-3H3. The zero-order valence-electron chi connectivity index (χ0n) is 11.4. The molecule has 0 aromatic heterocycles. The van der Waals surface area contributed by atoms with E-state index in [4.69, 9.17) is 0 Å². The molecule has 1 saturated heterocycles. The molecule has 2 rings (SSSR count). The number of rotatable bonds is 3. The molecule has 1 aliphatic heterocycles. The van der Waals surface area contributed by atoms with E-state index in [0.717, 1.165) is 13.0 Å². The van der Waals surface area contributed by atoms with Crippen LogP contribution < -0.4 is 5.32 Å². The maximum atomic E-state index is 11.4. The number of likely N-dealkylation sites (N-methyl/N-ethyl adjacent to an activating group) is 1. The number of nitrogens with zero attached hydrogens (tertiary/aromatic N) is 1. The van der Waals surface area contributed by atoms with Crippen molar-refractivity contribution in [2.45, 2.75) is 38.8 Å². The van der Waals surface area contributed by atoms with Crippen LogP contribution >= 0.6 is 0 Å². The summed E-state index contributed by atoms with van der Waals surface area (Å²) in [5.41, 5.74) is 2.59. The molecule has 2 unspecified atom stereocenters. The van der Waals surface area contributed by atoms with Crippen molar-refractivity contribution in [3.8, 4) is 0 Å². The average Bonchev–Trinajstić information content (AvgIpc) is 2.34. The third kappa shape index (κ3) is 3.10. The minimum absolute atomic E-state index is 0.260. The van der Waals surface area contributed by atoms with E-state index in [1.54, 1.807) is 0 Å². The lowest BCUT2D eigenvalue weighted by atomic mass is 10.0. The number of carbonyl (C=O) groups excluding carboxylic acids is 1. The van der Waals surface area contributed by atoms with Crippen LogP contribution in [-0.4, -0.2) is 30.4 Å². The van der Waals surface area contributed by atoms with Gasteiger partial charge in [0.15, 0.2) is 0 Å². The lowest BCUT2D eigenvalue weighted by Crippen LogP contribution is -2.47. The molecule has 1 fully saturated rings. The van der Waals surface area contributed by atoms with Gasteiger partial charge in [-0.3, -0.25) is 4.79 Å². The summed E-state index contributed by atoms with van der Waals surface area (Å²) in [6, 6.07) is 9.37. The second kappa shape index (κ2) is 5.53. The van der Waals surface area contributed by atoms with Crippen LogP contribution in [0.5, 0.6) is 0 Å². The van der Waals surface area contributed by atoms with Gasteiger partial charge in [0.2, 0.25) is 5.91 Å². The Morgan fingerprint density at radius 2 is 2.00 bits per heavy atom. The summed E-state index contributed by atoms with van der Waals surface area (Å²) in [5.74, 6) is 0.260. The highest BCUT2D eigenvalue weighted by Crippen LogP contribution is 2.17. The zero-order valence-corrected chi connectivity index (χ0v) is 11.4. The SMILES string of the molecule is Cc1ccc(C(C)NC2CCC(=O)N(C)C2)cc1. The Bertz CT molecular complexity index is 413. The van der Waals surface area contributed by atoms with Gasteiger partial charge >= 0.3 is 0 Å². The third-order valence-corrected chi connectivity index (χ3v) is 3.69. The summed E-state index contributed by atoms with van der Waals surface area (Å²) in [6.45, 7) is 5.10. The molecule has 1 aromatic rings. The molecule has 0 bridgehead atoms. The van der Waals surface area contributed by atoms with Gasteiger partial charge in [0.25, 0.3) is 0 Å². The largest absolute Gasteiger partial charge is 0.344 e. The number of likely N-dealkylation sites (tertiary alicyclic amines) is 1. The summed E-state index contributed by atoms with van der Waals surface area (Å²) in [7, 11) is 1.88. The first kappa shape index (κ1) is 13.1. The highest BCUT2D eigenvalue weighted by atomic mass is 16.2. The van der Waals surface area contributed by atoms with Crippen molar-refractivity contribution in [2.75, 3.05) is 13.6 Å². The number of piperidine rings is 1. The number of hydrogen-bond acceptors (Lipinski definition) is 2. The van der Waals surface area contributed by atoms with Gasteiger partial charge in [-0.2, -0.15) is 0 Å². The fourth-order valence-corrected chi connectivity index (χ4v) is 2.45. The number of aryl methyl sites for hydroxylation is 1. The zero-order chi connectivity index (χ0) is 13.1. The predicted octanol–water partition coefficient (Wildman–Crippen LogP) is 2.27. The molecule has 98 valence electrons. The Kier molecular flexibility index (Phi) is 4.02. The van der Waals surface area contributed by atoms with Crippen LogP contribution in [0, 0.1) is 6.92 Å². The molecule has 0 saturated carbocycles. The molecule has 2 atom stereocenters. The molecule has 0 aliphatic carbocycles. The summed E-state index contributed by atoms with van der Waals surface area (Å²) in [4.78, 5) is 13.3. The highest BCUT2D eigenvalue weighted by molar-refractivity contribution is 5.76. The van der Waals surface area contributed by atoms with Gasteiger partial charge < -0.3 is 10.2 Å². The number of benzene rings is 1. The van der Waals surface area contributed by atoms with Crippen LogP contribution in [0.4, 0.5) is 0 Å². The molecule has 1 aromatic carbocycles. The number of hydrogen-bond donors (Lipinski definition) is 1. The molecule has 1 heterocycles. The minimum Gasteiger partial charge on any atom is -0.344 e. The van der Waals surface area contributed by atoms with E-state index >= 15 is 0 Å². The van der Waals surface area contributed by atoms with Crippen molar-refractivity contribution >= 4 is 5.91 Å². The lowest BCUT2D eigenvalue weighted by molar-refractivity contribution is -0.132. The minimum atomic E-state index is 0.260. The molecule has 1 amide bonds. The fourth-order valence-electron chi connectivity index (χ4n) is 2.45. The summed E-state index contributed by atoms with van der Waals surface area (Å²) in [6.07, 6.45) is 1.61. The Hall–Kier alpha value is -1.35. The Balaban J connectivity index is 1.93. The quantitative estimate of drug-likeness (QED) is 0.887. The van der Waals surface area contributed by atoms with Gasteiger partial charge in [0.1, 0.15) is 0 Å². The summed E-state index contributed by atoms with van der Waals surface area (Å²) >= 11 is 0. The van der Waals surface area contributed by atoms with E-state index in [1.165, 1.54) is 11.1 Å². The first-order chi connectivity index (χ1) is 8.56. The van der Waals surface area contributed by atoms with E-state index in [1.807, 2.05) is 11.9 Å². The first-order valence-corrected chi connectivity index (χ1v) is 6.63. The molecular formula is C15H22N2O. The van der Waals surface area contributed by atoms with Crippen LogP contribution in [0.3, 0.4) is 0 Å². The summed E-state index contributed by atoms with van der Waals surface area (Å²) in [5, 5.41) is 3.61. The van der Waals surface area contributed by atoms with Gasteiger partial charge in [0.05, 0.1) is 0 Å². The monoisotopic (exact) mass is 246 g/mol. The molecule has 3 nitrogen and oxygen atoms in total. The van der Waals surface area contributed by atoms with Crippen molar-refractivity contribution in [1.82, 2.24) is 10.2 Å². The Morgan fingerprint density at radius 3 is 2.61 bits per heavy atom. The van der Waals surface area contributed by atoms with E-state index < -0.39 is 0 Å². The smallest absolute Gasteiger partial charge is 0.222 e. The predicted molar refractivity (Wildman–Crippen MR) is 73.4 cm³/mol. The van der Waals surface area contributed by atoms with Gasteiger partial charge in [-0.25, -0.2) is 0 Å². The highest BCUT2D eigenvalue weighted by Gasteiger charge is 2.23. The average molecular weight is 246 g/mol. The molecule has 3 heteroatoms. The van der Waals surface area contributed by atoms with E-state index in [-0.39, 0.29) is 5.91 Å². The number of nitrogens with one attached hydrogen (secondary N) is 1. The van der Waals surface area contributed by atoms with Crippen molar-refractivity contribution in [3.63, 3.8) is 0 Å². The molecule has 1 N–H and O–H groups in total. The molecular weight excluding hydrogens is 224 g/mol. The van der Waals surface area contributed by atoms with Crippen LogP contribution in [0.15, 0.2) is 24.3 Å². The van der Waals surface area contributed by atoms with Crippen molar-refractivity contribution in [3.05, 3.63) is 35.4 Å². The normalized spacial score (nSPS) is 22.1. The van der Waals surface area contributed by atoms with Gasteiger partial charge in [-0.1, -0.05) is 29.8 Å². The van der Waals surface area contributed by atoms with Gasteiger partial charge in [-0.05, 0) is 25.8 Å². The van der Waals surface area contributed by atoms with Crippen molar-refractivity contribution < 1.29 is 4.79 Å². The summed E-state index contributed by atoms with van der Waals surface area (Å²) < 4.78 is 0. The van der Waals surface area contributed by atoms with E-state index in [9.17, 15) is 4.79 Å².